The Hall–Kier alpha value is -0.120. The lowest BCUT2D eigenvalue weighted by Crippen LogP contribution is -2.53. The molecule has 0 aliphatic carbocycles. The Bertz CT molecular complexity index is 276. The highest BCUT2D eigenvalue weighted by Gasteiger charge is 2.37. The first-order chi connectivity index (χ1) is 8.78. The molecule has 0 radical (unpaired) electrons. The molecular formula is C15H28N2O. The Balaban J connectivity index is 1.68. The molecule has 3 heterocycles. The molecule has 3 heteroatoms. The van der Waals surface area contributed by atoms with E-state index in [1.807, 2.05) is 0 Å². The van der Waals surface area contributed by atoms with Crippen LogP contribution in [-0.2, 0) is 4.74 Å². The molecule has 3 rings (SSSR count). The molecule has 0 aromatic heterocycles. The van der Waals surface area contributed by atoms with Crippen LogP contribution in [0.2, 0.25) is 0 Å². The molecule has 0 aromatic carbocycles. The van der Waals surface area contributed by atoms with Crippen molar-refractivity contribution >= 4 is 0 Å². The van der Waals surface area contributed by atoms with Crippen molar-refractivity contribution in [2.45, 2.75) is 57.0 Å². The summed E-state index contributed by atoms with van der Waals surface area (Å²) in [6, 6.07) is 0.834. The van der Waals surface area contributed by atoms with Crippen molar-refractivity contribution in [3.63, 3.8) is 0 Å². The Labute approximate surface area is 111 Å². The van der Waals surface area contributed by atoms with Gasteiger partial charge in [0.25, 0.3) is 0 Å². The highest BCUT2D eigenvalue weighted by atomic mass is 16.5. The smallest absolute Gasteiger partial charge is 0.0483 e. The van der Waals surface area contributed by atoms with Crippen LogP contribution in [0.1, 0.15) is 45.4 Å². The summed E-state index contributed by atoms with van der Waals surface area (Å²) in [4.78, 5) is 5.55. The first kappa shape index (κ1) is 12.9. The number of fused-ring (bicyclic) bond motifs is 1. The minimum atomic E-state index is 0.408. The second kappa shape index (κ2) is 5.48. The fourth-order valence-corrected chi connectivity index (χ4v) is 3.99. The standard InChI is InChI=1S/C15H28N2O/c1-15(6-11-18-12-7-15)17-10-4-9-16-8-3-2-5-14(16)13-17/h14H,2-13H2,1H3. The maximum atomic E-state index is 5.56. The molecule has 18 heavy (non-hydrogen) atoms. The van der Waals surface area contributed by atoms with E-state index < -0.39 is 0 Å². The Morgan fingerprint density at radius 2 is 1.78 bits per heavy atom. The second-order valence-electron chi connectivity index (χ2n) is 6.59. The molecule has 104 valence electrons. The number of hydrogen-bond donors (Lipinski definition) is 0. The molecule has 3 saturated heterocycles. The van der Waals surface area contributed by atoms with Gasteiger partial charge in [0, 0.05) is 31.3 Å². The molecule has 0 N–H and O–H groups in total. The number of ether oxygens (including phenoxy) is 1. The maximum Gasteiger partial charge on any atom is 0.0483 e. The molecule has 3 nitrogen and oxygen atoms in total. The highest BCUT2D eigenvalue weighted by Crippen LogP contribution is 2.31. The van der Waals surface area contributed by atoms with Gasteiger partial charge < -0.3 is 4.74 Å². The molecule has 0 saturated carbocycles. The third kappa shape index (κ3) is 2.59. The van der Waals surface area contributed by atoms with Gasteiger partial charge in [-0.25, -0.2) is 0 Å². The molecule has 0 aromatic rings. The zero-order valence-electron chi connectivity index (χ0n) is 11.9. The molecule has 1 atom stereocenters. The van der Waals surface area contributed by atoms with Crippen LogP contribution >= 0.6 is 0 Å². The van der Waals surface area contributed by atoms with Crippen LogP contribution in [0.5, 0.6) is 0 Å². The first-order valence-corrected chi connectivity index (χ1v) is 7.85. The number of nitrogens with zero attached hydrogens (tertiary/aromatic N) is 2. The summed E-state index contributed by atoms with van der Waals surface area (Å²) in [7, 11) is 0. The number of piperidine rings is 1. The van der Waals surface area contributed by atoms with Gasteiger partial charge in [0.05, 0.1) is 0 Å². The summed E-state index contributed by atoms with van der Waals surface area (Å²) in [5, 5.41) is 0. The minimum Gasteiger partial charge on any atom is -0.381 e. The topological polar surface area (TPSA) is 15.7 Å². The van der Waals surface area contributed by atoms with Crippen molar-refractivity contribution in [2.24, 2.45) is 0 Å². The highest BCUT2D eigenvalue weighted by molar-refractivity contribution is 4.93. The quantitative estimate of drug-likeness (QED) is 0.711. The first-order valence-electron chi connectivity index (χ1n) is 7.85. The number of rotatable bonds is 1. The third-order valence-corrected chi connectivity index (χ3v) is 5.39. The SMILES string of the molecule is CC1(N2CCCN3CCCCC3C2)CCOCC1. The van der Waals surface area contributed by atoms with Crippen LogP contribution in [-0.4, -0.2) is 60.8 Å². The van der Waals surface area contributed by atoms with Crippen molar-refractivity contribution in [3.8, 4) is 0 Å². The lowest BCUT2D eigenvalue weighted by Gasteiger charge is -2.45. The van der Waals surface area contributed by atoms with Gasteiger partial charge in [-0.3, -0.25) is 9.80 Å². The van der Waals surface area contributed by atoms with Crippen molar-refractivity contribution in [1.82, 2.24) is 9.80 Å². The maximum absolute atomic E-state index is 5.56. The number of hydrogen-bond acceptors (Lipinski definition) is 3. The van der Waals surface area contributed by atoms with E-state index in [1.54, 1.807) is 0 Å². The zero-order chi connectivity index (χ0) is 12.4. The van der Waals surface area contributed by atoms with Gasteiger partial charge in [-0.2, -0.15) is 0 Å². The average Bonchev–Trinajstić information content (AvgIpc) is 2.62. The minimum absolute atomic E-state index is 0.408. The largest absolute Gasteiger partial charge is 0.381 e. The van der Waals surface area contributed by atoms with E-state index in [0.29, 0.717) is 5.54 Å². The monoisotopic (exact) mass is 252 g/mol. The van der Waals surface area contributed by atoms with Crippen LogP contribution in [0, 0.1) is 0 Å². The molecule has 3 fully saturated rings. The van der Waals surface area contributed by atoms with Crippen molar-refractivity contribution in [1.29, 1.82) is 0 Å². The Morgan fingerprint density at radius 3 is 2.61 bits per heavy atom. The summed E-state index contributed by atoms with van der Waals surface area (Å²) in [6.07, 6.45) is 8.08. The Morgan fingerprint density at radius 1 is 1.00 bits per heavy atom. The van der Waals surface area contributed by atoms with Gasteiger partial charge in [-0.15, -0.1) is 0 Å². The van der Waals surface area contributed by atoms with Crippen molar-refractivity contribution < 1.29 is 4.74 Å². The van der Waals surface area contributed by atoms with Gasteiger partial charge in [-0.05, 0) is 58.7 Å². The predicted octanol–water partition coefficient (Wildman–Crippen LogP) is 2.12. The molecule has 0 amide bonds. The molecule has 0 bridgehead atoms. The van der Waals surface area contributed by atoms with Crippen molar-refractivity contribution in [3.05, 3.63) is 0 Å². The summed E-state index contributed by atoms with van der Waals surface area (Å²) >= 11 is 0. The van der Waals surface area contributed by atoms with Crippen molar-refractivity contribution in [2.75, 3.05) is 39.4 Å². The van der Waals surface area contributed by atoms with E-state index in [2.05, 4.69) is 16.7 Å². The summed E-state index contributed by atoms with van der Waals surface area (Å²) < 4.78 is 5.56. The van der Waals surface area contributed by atoms with Crippen LogP contribution < -0.4 is 0 Å². The fraction of sp³-hybridized carbons (Fsp3) is 1.00. The molecule has 3 aliphatic heterocycles. The summed E-state index contributed by atoms with van der Waals surface area (Å²) in [5.41, 5.74) is 0.408. The van der Waals surface area contributed by atoms with Gasteiger partial charge in [0.2, 0.25) is 0 Å². The van der Waals surface area contributed by atoms with Crippen LogP contribution in [0.4, 0.5) is 0 Å². The van der Waals surface area contributed by atoms with Crippen LogP contribution in [0.3, 0.4) is 0 Å². The second-order valence-corrected chi connectivity index (χ2v) is 6.59. The Kier molecular flexibility index (Phi) is 3.92. The zero-order valence-corrected chi connectivity index (χ0v) is 11.9. The average molecular weight is 252 g/mol. The van der Waals surface area contributed by atoms with Crippen LogP contribution in [0.25, 0.3) is 0 Å². The van der Waals surface area contributed by atoms with E-state index in [-0.39, 0.29) is 0 Å². The summed E-state index contributed by atoms with van der Waals surface area (Å²) in [5.74, 6) is 0. The van der Waals surface area contributed by atoms with Gasteiger partial charge >= 0.3 is 0 Å². The molecular weight excluding hydrogens is 224 g/mol. The van der Waals surface area contributed by atoms with E-state index in [1.165, 1.54) is 64.7 Å². The van der Waals surface area contributed by atoms with E-state index in [0.717, 1.165) is 19.3 Å². The molecule has 1 unspecified atom stereocenters. The lowest BCUT2D eigenvalue weighted by molar-refractivity contribution is -0.0241. The van der Waals surface area contributed by atoms with Gasteiger partial charge in [-0.1, -0.05) is 6.42 Å². The van der Waals surface area contributed by atoms with Gasteiger partial charge in [0.15, 0.2) is 0 Å². The van der Waals surface area contributed by atoms with E-state index in [4.69, 9.17) is 4.74 Å². The fourth-order valence-electron chi connectivity index (χ4n) is 3.99. The lowest BCUT2D eigenvalue weighted by atomic mass is 9.89. The van der Waals surface area contributed by atoms with E-state index in [9.17, 15) is 0 Å². The predicted molar refractivity (Wildman–Crippen MR) is 73.9 cm³/mol. The van der Waals surface area contributed by atoms with E-state index >= 15 is 0 Å². The van der Waals surface area contributed by atoms with Crippen LogP contribution in [0.15, 0.2) is 0 Å². The van der Waals surface area contributed by atoms with Gasteiger partial charge in [0.1, 0.15) is 0 Å². The third-order valence-electron chi connectivity index (χ3n) is 5.39. The molecule has 3 aliphatic rings. The summed E-state index contributed by atoms with van der Waals surface area (Å²) in [6.45, 7) is 9.66. The molecule has 0 spiro atoms. The normalized spacial score (nSPS) is 34.8.